The van der Waals surface area contributed by atoms with Crippen LogP contribution in [0.3, 0.4) is 0 Å². The molecular formula is C23H43NO2. The van der Waals surface area contributed by atoms with Gasteiger partial charge in [0.25, 0.3) is 0 Å². The summed E-state index contributed by atoms with van der Waals surface area (Å²) in [5.74, 6) is 2.00. The second-order valence-electron chi connectivity index (χ2n) is 6.18. The van der Waals surface area contributed by atoms with E-state index in [-0.39, 0.29) is 0 Å². The Morgan fingerprint density at radius 2 is 1.62 bits per heavy atom. The Labute approximate surface area is 163 Å². The number of benzene rings is 1. The van der Waals surface area contributed by atoms with E-state index in [1.807, 2.05) is 20.9 Å². The molecule has 152 valence electrons. The number of nitrogens with one attached hydrogen (secondary N) is 1. The molecule has 0 spiro atoms. The van der Waals surface area contributed by atoms with E-state index in [9.17, 15) is 0 Å². The first kappa shape index (κ1) is 26.7. The van der Waals surface area contributed by atoms with Crippen molar-refractivity contribution >= 4 is 0 Å². The van der Waals surface area contributed by atoms with E-state index in [0.29, 0.717) is 6.10 Å². The van der Waals surface area contributed by atoms with Crippen molar-refractivity contribution in [3.05, 3.63) is 35.1 Å². The number of fused-ring (bicyclic) bond motifs is 1. The van der Waals surface area contributed by atoms with Gasteiger partial charge in [-0.05, 0) is 70.8 Å². The molecule has 1 aromatic carbocycles. The third-order valence-electron chi connectivity index (χ3n) is 3.99. The predicted octanol–water partition coefficient (Wildman–Crippen LogP) is 6.52. The van der Waals surface area contributed by atoms with E-state index in [1.165, 1.54) is 29.4 Å². The van der Waals surface area contributed by atoms with Gasteiger partial charge in [0, 0.05) is 5.56 Å². The molecule has 1 aliphatic heterocycles. The van der Waals surface area contributed by atoms with Crippen molar-refractivity contribution in [2.24, 2.45) is 0 Å². The molecule has 0 saturated carbocycles. The van der Waals surface area contributed by atoms with Gasteiger partial charge in [0.05, 0.1) is 12.4 Å². The van der Waals surface area contributed by atoms with Crippen LogP contribution in [-0.4, -0.2) is 19.7 Å². The third kappa shape index (κ3) is 8.27. The van der Waals surface area contributed by atoms with Gasteiger partial charge in [0.15, 0.2) is 0 Å². The summed E-state index contributed by atoms with van der Waals surface area (Å²) >= 11 is 0. The average molecular weight is 366 g/mol. The molecule has 1 N–H and O–H groups in total. The SMILES string of the molecule is C=COc1c(C)c(C)c2c(c1C)CC[C@H](C)O2.CC.CCC.CCNC. The summed E-state index contributed by atoms with van der Waals surface area (Å²) in [5, 5.41) is 2.93. The molecule has 0 saturated heterocycles. The van der Waals surface area contributed by atoms with Gasteiger partial charge in [-0.15, -0.1) is 0 Å². The number of hydrogen-bond acceptors (Lipinski definition) is 3. The summed E-state index contributed by atoms with van der Waals surface area (Å²) in [6.07, 6.45) is 5.19. The minimum absolute atomic E-state index is 0.311. The highest BCUT2D eigenvalue weighted by molar-refractivity contribution is 5.58. The molecule has 1 atom stereocenters. The number of rotatable bonds is 3. The predicted molar refractivity (Wildman–Crippen MR) is 117 cm³/mol. The third-order valence-corrected chi connectivity index (χ3v) is 3.99. The van der Waals surface area contributed by atoms with Gasteiger partial charge in [-0.1, -0.05) is 47.6 Å². The summed E-state index contributed by atoms with van der Waals surface area (Å²) in [6.45, 7) is 23.4. The zero-order valence-electron chi connectivity index (χ0n) is 19.0. The molecule has 1 aromatic rings. The van der Waals surface area contributed by atoms with E-state index >= 15 is 0 Å². The van der Waals surface area contributed by atoms with Gasteiger partial charge in [0.1, 0.15) is 11.5 Å². The standard InChI is InChI=1S/C15H20O2.C3H9N.C3H8.C2H6/c1-6-16-14-10(3)11(4)15-13(12(14)5)8-7-9(2)17-15;1-3-4-2;1-3-2;1-2/h6,9H,1,7-8H2,2-5H3;4H,3H2,1-2H3;3H2,1-2H3;1-2H3/t9-;;;/m0.../s1. The molecule has 3 heteroatoms. The van der Waals surface area contributed by atoms with Crippen molar-refractivity contribution in [1.82, 2.24) is 5.32 Å². The largest absolute Gasteiger partial charge is 0.490 e. The first-order valence-electron chi connectivity index (χ1n) is 10.1. The van der Waals surface area contributed by atoms with Crippen LogP contribution in [0.1, 0.15) is 76.6 Å². The van der Waals surface area contributed by atoms with Gasteiger partial charge in [-0.3, -0.25) is 0 Å². The zero-order valence-corrected chi connectivity index (χ0v) is 19.0. The fourth-order valence-corrected chi connectivity index (χ4v) is 2.48. The maximum atomic E-state index is 5.98. The Balaban J connectivity index is 0. The lowest BCUT2D eigenvalue weighted by atomic mass is 9.92. The van der Waals surface area contributed by atoms with Crippen molar-refractivity contribution in [1.29, 1.82) is 0 Å². The van der Waals surface area contributed by atoms with Crippen LogP contribution in [0.2, 0.25) is 0 Å². The van der Waals surface area contributed by atoms with Crippen LogP contribution in [0.4, 0.5) is 0 Å². The summed E-state index contributed by atoms with van der Waals surface area (Å²) in [7, 11) is 1.93. The van der Waals surface area contributed by atoms with E-state index in [0.717, 1.165) is 36.4 Å². The highest BCUT2D eigenvalue weighted by Crippen LogP contribution is 2.41. The smallest absolute Gasteiger partial charge is 0.133 e. The Morgan fingerprint density at radius 1 is 1.12 bits per heavy atom. The van der Waals surface area contributed by atoms with Crippen molar-refractivity contribution in [2.45, 2.75) is 87.7 Å². The molecular weight excluding hydrogens is 322 g/mol. The van der Waals surface area contributed by atoms with Crippen LogP contribution in [0.25, 0.3) is 0 Å². The van der Waals surface area contributed by atoms with E-state index in [2.05, 4.69) is 60.4 Å². The van der Waals surface area contributed by atoms with E-state index < -0.39 is 0 Å². The second-order valence-corrected chi connectivity index (χ2v) is 6.18. The molecule has 1 heterocycles. The van der Waals surface area contributed by atoms with Crippen molar-refractivity contribution in [2.75, 3.05) is 13.6 Å². The van der Waals surface area contributed by atoms with Gasteiger partial charge in [-0.25, -0.2) is 0 Å². The molecule has 0 amide bonds. The van der Waals surface area contributed by atoms with Gasteiger partial charge in [0.2, 0.25) is 0 Å². The highest BCUT2D eigenvalue weighted by atomic mass is 16.5. The normalized spacial score (nSPS) is 14.0. The van der Waals surface area contributed by atoms with Crippen LogP contribution in [0, 0.1) is 20.8 Å². The highest BCUT2D eigenvalue weighted by Gasteiger charge is 2.24. The molecule has 0 fully saturated rings. The number of ether oxygens (including phenoxy) is 2. The molecule has 1 aliphatic rings. The second kappa shape index (κ2) is 15.7. The Morgan fingerprint density at radius 3 is 2.04 bits per heavy atom. The summed E-state index contributed by atoms with van der Waals surface area (Å²) < 4.78 is 11.5. The van der Waals surface area contributed by atoms with Gasteiger partial charge < -0.3 is 14.8 Å². The lowest BCUT2D eigenvalue weighted by molar-refractivity contribution is 0.190. The first-order chi connectivity index (χ1) is 12.4. The summed E-state index contributed by atoms with van der Waals surface area (Å²) in [5.41, 5.74) is 4.82. The Hall–Kier alpha value is -1.48. The molecule has 2 rings (SSSR count). The van der Waals surface area contributed by atoms with Crippen LogP contribution in [-0.2, 0) is 6.42 Å². The van der Waals surface area contributed by atoms with Crippen molar-refractivity contribution < 1.29 is 9.47 Å². The summed E-state index contributed by atoms with van der Waals surface area (Å²) in [6, 6.07) is 0. The van der Waals surface area contributed by atoms with Crippen LogP contribution >= 0.6 is 0 Å². The molecule has 26 heavy (non-hydrogen) atoms. The van der Waals surface area contributed by atoms with Crippen molar-refractivity contribution in [3.63, 3.8) is 0 Å². The Bertz CT molecular complexity index is 508. The topological polar surface area (TPSA) is 30.5 Å². The summed E-state index contributed by atoms with van der Waals surface area (Å²) in [4.78, 5) is 0. The molecule has 0 unspecified atom stereocenters. The average Bonchev–Trinajstić information content (AvgIpc) is 2.66. The Kier molecular flexibility index (Phi) is 16.2. The molecule has 0 aromatic heterocycles. The molecule has 0 bridgehead atoms. The number of hydrogen-bond donors (Lipinski definition) is 1. The lowest BCUT2D eigenvalue weighted by Gasteiger charge is -2.28. The van der Waals surface area contributed by atoms with Gasteiger partial charge >= 0.3 is 0 Å². The molecule has 0 aliphatic carbocycles. The first-order valence-corrected chi connectivity index (χ1v) is 10.1. The zero-order chi connectivity index (χ0) is 20.7. The van der Waals surface area contributed by atoms with E-state index in [1.54, 1.807) is 0 Å². The fourth-order valence-electron chi connectivity index (χ4n) is 2.48. The van der Waals surface area contributed by atoms with Crippen LogP contribution in [0.15, 0.2) is 12.8 Å². The quantitative estimate of drug-likeness (QED) is 0.619. The minimum Gasteiger partial charge on any atom is -0.490 e. The van der Waals surface area contributed by atoms with Crippen LogP contribution < -0.4 is 14.8 Å². The van der Waals surface area contributed by atoms with E-state index in [4.69, 9.17) is 9.47 Å². The maximum absolute atomic E-state index is 5.98. The molecule has 3 nitrogen and oxygen atoms in total. The maximum Gasteiger partial charge on any atom is 0.133 e. The lowest BCUT2D eigenvalue weighted by Crippen LogP contribution is -2.21. The molecule has 0 radical (unpaired) electrons. The van der Waals surface area contributed by atoms with Crippen LogP contribution in [0.5, 0.6) is 11.5 Å². The minimum atomic E-state index is 0.311. The van der Waals surface area contributed by atoms with Crippen molar-refractivity contribution in [3.8, 4) is 11.5 Å². The monoisotopic (exact) mass is 365 g/mol. The van der Waals surface area contributed by atoms with Gasteiger partial charge in [-0.2, -0.15) is 0 Å². The fraction of sp³-hybridized carbons (Fsp3) is 0.652.